The first-order valence-electron chi connectivity index (χ1n) is 19.7. The number of aryl methyl sites for hydroxylation is 1. The lowest BCUT2D eigenvalue weighted by Gasteiger charge is -2.48. The second kappa shape index (κ2) is 14.6. The van der Waals surface area contributed by atoms with Crippen LogP contribution in [-0.2, 0) is 35.1 Å². The molecule has 0 unspecified atom stereocenters. The number of carbonyl (C=O) groups is 4. The molecule has 5 atom stereocenters. The molecule has 1 aromatic heterocycles. The zero-order valence-electron chi connectivity index (χ0n) is 32.3. The van der Waals surface area contributed by atoms with Gasteiger partial charge >= 0.3 is 6.09 Å². The van der Waals surface area contributed by atoms with Gasteiger partial charge in [0.1, 0.15) is 23.2 Å². The Morgan fingerprint density at radius 2 is 1.86 bits per heavy atom. The number of nitrogens with zero attached hydrogens (tertiary/aromatic N) is 2. The van der Waals surface area contributed by atoms with Crippen molar-refractivity contribution in [3.63, 3.8) is 0 Å². The second-order valence-corrected chi connectivity index (χ2v) is 19.2. The Labute approximate surface area is 325 Å². The van der Waals surface area contributed by atoms with Gasteiger partial charge in [0.25, 0.3) is 11.8 Å². The van der Waals surface area contributed by atoms with Gasteiger partial charge in [-0.1, -0.05) is 57.0 Å². The third-order valence-electron chi connectivity index (χ3n) is 12.2. The number of carbonyl (C=O) groups excluding carboxylic acids is 4. The van der Waals surface area contributed by atoms with Gasteiger partial charge in [-0.15, -0.1) is 0 Å². The molecule has 3 N–H and O–H groups in total. The molecule has 1 saturated heterocycles. The van der Waals surface area contributed by atoms with Crippen LogP contribution in [0.15, 0.2) is 36.4 Å². The fourth-order valence-electron chi connectivity index (χ4n) is 8.54. The van der Waals surface area contributed by atoms with Crippen LogP contribution in [0.5, 0.6) is 5.75 Å². The largest absolute Gasteiger partial charge is 0.483 e. The van der Waals surface area contributed by atoms with Crippen LogP contribution in [0.25, 0.3) is 10.9 Å². The molecule has 304 valence electrons. The number of benzene rings is 1. The van der Waals surface area contributed by atoms with Crippen LogP contribution in [0.3, 0.4) is 0 Å². The number of fused-ring (bicyclic) bond motifs is 5. The first-order chi connectivity index (χ1) is 26.4. The van der Waals surface area contributed by atoms with Gasteiger partial charge in [0, 0.05) is 17.7 Å². The number of halogens is 2. The van der Waals surface area contributed by atoms with E-state index in [-0.39, 0.29) is 54.2 Å². The SMILES string of the molecule is Cc1nc2ccccc2c2c1O[C@@]1(C[C@H]3C(=O)N[C@]4(C(=O)NS(=O)(=O)C5(C)CC5)CC[C@H]4/C=C\CCCCC[C@H](NC(=O)OCC(C)C)C(=O)N3C1)CC2(F)F. The summed E-state index contributed by atoms with van der Waals surface area (Å²) in [5, 5.41) is 5.74. The maximum Gasteiger partial charge on any atom is 0.407 e. The Balaban J connectivity index is 1.27. The lowest BCUT2D eigenvalue weighted by molar-refractivity contribution is -0.145. The third-order valence-corrected chi connectivity index (χ3v) is 14.3. The number of alkyl halides is 2. The number of amides is 4. The fraction of sp³-hybridized carbons (Fsp3) is 0.625. The number of hydrogen-bond donors (Lipinski definition) is 3. The van der Waals surface area contributed by atoms with Gasteiger partial charge in [-0.2, -0.15) is 0 Å². The number of pyridine rings is 1. The van der Waals surface area contributed by atoms with Gasteiger partial charge in [-0.3, -0.25) is 19.1 Å². The highest BCUT2D eigenvalue weighted by Gasteiger charge is 2.62. The quantitative estimate of drug-likeness (QED) is 0.328. The van der Waals surface area contributed by atoms with E-state index < -0.39 is 86.6 Å². The summed E-state index contributed by atoms with van der Waals surface area (Å²) in [6.45, 7) is 6.52. The van der Waals surface area contributed by atoms with E-state index in [2.05, 4.69) is 20.3 Å². The topological polar surface area (TPSA) is 173 Å². The Bertz CT molecular complexity index is 2070. The lowest BCUT2D eigenvalue weighted by atomic mass is 9.65. The average molecular weight is 800 g/mol. The van der Waals surface area contributed by atoms with Crippen molar-refractivity contribution in [1.82, 2.24) is 25.2 Å². The molecule has 1 spiro atoms. The van der Waals surface area contributed by atoms with Gasteiger partial charge in [0.05, 0.1) is 41.1 Å². The molecular formula is C40H51F2N5O8S. The molecule has 0 bridgehead atoms. The Morgan fingerprint density at radius 3 is 2.55 bits per heavy atom. The second-order valence-electron chi connectivity index (χ2n) is 17.0. The van der Waals surface area contributed by atoms with Crippen molar-refractivity contribution < 1.29 is 45.9 Å². The summed E-state index contributed by atoms with van der Waals surface area (Å²) < 4.78 is 72.9. The Hall–Kier alpha value is -4.34. The number of aromatic nitrogens is 1. The van der Waals surface area contributed by atoms with Gasteiger partial charge in [-0.05, 0) is 70.8 Å². The predicted molar refractivity (Wildman–Crippen MR) is 202 cm³/mol. The van der Waals surface area contributed by atoms with Gasteiger partial charge in [0.2, 0.25) is 21.8 Å². The lowest BCUT2D eigenvalue weighted by Crippen LogP contribution is -2.70. The van der Waals surface area contributed by atoms with Crippen LogP contribution in [0.1, 0.15) is 103 Å². The van der Waals surface area contributed by atoms with Crippen LogP contribution in [0, 0.1) is 18.8 Å². The summed E-state index contributed by atoms with van der Waals surface area (Å²) in [6.07, 6.45) is 5.80. The number of para-hydroxylation sites is 1. The maximum absolute atomic E-state index is 16.6. The summed E-state index contributed by atoms with van der Waals surface area (Å²) >= 11 is 0. The van der Waals surface area contributed by atoms with Crippen LogP contribution in [-0.4, -0.2) is 83.2 Å². The standard InChI is InChI=1S/C40H51F2N5O8S/c1-24(2)21-54-36(51)44-29-15-9-7-5-6-8-12-26-16-17-39(26,35(50)46-56(52,53)37(4)18-19-37)45-33(48)30-20-38(23-47(30)34(29)49)22-40(41,42)31-27-13-10-11-14-28(27)43-25(3)32(31)55-38/h8,10-14,24,26,29-30H,5-7,9,15-23H2,1-4H3,(H,44,51)(H,45,48)(H,46,50)/b12-8-/t26-,29+,30+,38+,39-/m1/s1. The van der Waals surface area contributed by atoms with Crippen molar-refractivity contribution in [3.05, 3.63) is 47.7 Å². The molecule has 2 aliphatic carbocycles. The molecule has 56 heavy (non-hydrogen) atoms. The number of nitrogens with one attached hydrogen (secondary N) is 3. The molecule has 1 aromatic carbocycles. The third kappa shape index (κ3) is 7.33. The summed E-state index contributed by atoms with van der Waals surface area (Å²) in [6, 6.07) is 3.95. The monoisotopic (exact) mass is 799 g/mol. The van der Waals surface area contributed by atoms with Gasteiger partial charge in [-0.25, -0.2) is 27.0 Å². The van der Waals surface area contributed by atoms with E-state index in [1.165, 1.54) is 4.90 Å². The molecule has 3 fully saturated rings. The molecule has 5 aliphatic rings. The number of hydrogen-bond acceptors (Lipinski definition) is 9. The van der Waals surface area contributed by atoms with Crippen LogP contribution < -0.4 is 20.1 Å². The van der Waals surface area contributed by atoms with Crippen LogP contribution in [0.4, 0.5) is 13.6 Å². The van der Waals surface area contributed by atoms with E-state index in [1.54, 1.807) is 38.1 Å². The fourth-order valence-corrected chi connectivity index (χ4v) is 9.85. The van der Waals surface area contributed by atoms with Gasteiger partial charge < -0.3 is 25.0 Å². The summed E-state index contributed by atoms with van der Waals surface area (Å²) in [7, 11) is -4.09. The predicted octanol–water partition coefficient (Wildman–Crippen LogP) is 5.29. The molecular weight excluding hydrogens is 749 g/mol. The minimum absolute atomic E-state index is 0.0222. The molecule has 2 saturated carbocycles. The Kier molecular flexibility index (Phi) is 10.4. The summed E-state index contributed by atoms with van der Waals surface area (Å²) in [4.78, 5) is 62.2. The zero-order valence-corrected chi connectivity index (χ0v) is 33.1. The number of rotatable bonds is 6. The molecule has 3 aliphatic heterocycles. The first kappa shape index (κ1) is 39.9. The average Bonchev–Trinajstić information content (AvgIpc) is 3.79. The van der Waals surface area contributed by atoms with Crippen LogP contribution in [0.2, 0.25) is 0 Å². The summed E-state index contributed by atoms with van der Waals surface area (Å²) in [5.74, 6) is -6.52. The smallest absolute Gasteiger partial charge is 0.407 e. The minimum Gasteiger partial charge on any atom is -0.483 e. The number of ether oxygens (including phenoxy) is 2. The van der Waals surface area contributed by atoms with E-state index in [0.29, 0.717) is 44.0 Å². The Morgan fingerprint density at radius 1 is 1.11 bits per heavy atom. The van der Waals surface area contributed by atoms with Crippen molar-refractivity contribution in [2.24, 2.45) is 11.8 Å². The summed E-state index contributed by atoms with van der Waals surface area (Å²) in [5.41, 5.74) is -3.17. The molecule has 16 heteroatoms. The molecule has 4 amide bonds. The van der Waals surface area contributed by atoms with Crippen molar-refractivity contribution in [2.75, 3.05) is 13.2 Å². The normalized spacial score (nSPS) is 30.3. The highest BCUT2D eigenvalue weighted by Crippen LogP contribution is 2.54. The van der Waals surface area contributed by atoms with Crippen molar-refractivity contribution in [2.45, 2.75) is 132 Å². The molecule has 4 heterocycles. The molecule has 0 radical (unpaired) electrons. The highest BCUT2D eigenvalue weighted by atomic mass is 32.2. The van der Waals surface area contributed by atoms with Crippen molar-refractivity contribution >= 4 is 44.7 Å². The number of allylic oxidation sites excluding steroid dienone is 1. The zero-order chi connectivity index (χ0) is 40.3. The van der Waals surface area contributed by atoms with E-state index in [1.807, 2.05) is 26.0 Å². The van der Waals surface area contributed by atoms with Crippen molar-refractivity contribution in [1.29, 1.82) is 0 Å². The molecule has 7 rings (SSSR count). The number of sulfonamides is 1. The van der Waals surface area contributed by atoms with Gasteiger partial charge in [0.15, 0.2) is 5.75 Å². The maximum atomic E-state index is 16.6. The number of alkyl carbamates (subject to hydrolysis) is 1. The first-order valence-corrected chi connectivity index (χ1v) is 21.1. The van der Waals surface area contributed by atoms with E-state index in [9.17, 15) is 27.6 Å². The molecule has 13 nitrogen and oxygen atoms in total. The van der Waals surface area contributed by atoms with Crippen LogP contribution >= 0.6 is 0 Å². The highest BCUT2D eigenvalue weighted by molar-refractivity contribution is 7.91. The minimum atomic E-state index is -4.09. The van der Waals surface area contributed by atoms with E-state index in [4.69, 9.17) is 9.47 Å². The van der Waals surface area contributed by atoms with E-state index >= 15 is 8.78 Å². The molecule has 2 aromatic rings. The van der Waals surface area contributed by atoms with E-state index in [0.717, 1.165) is 6.42 Å². The van der Waals surface area contributed by atoms with Crippen molar-refractivity contribution in [3.8, 4) is 5.75 Å².